The molecular formula is C33H36N2O3. The lowest BCUT2D eigenvalue weighted by molar-refractivity contribution is -0.148. The number of rotatable bonds is 6. The number of aryl methyl sites for hydroxylation is 2. The fraction of sp³-hybridized carbons (Fsp3) is 0.394. The molecule has 3 aliphatic rings. The Morgan fingerprint density at radius 1 is 0.816 bits per heavy atom. The lowest BCUT2D eigenvalue weighted by atomic mass is 9.74. The van der Waals surface area contributed by atoms with Crippen LogP contribution in [0.1, 0.15) is 54.4 Å². The highest BCUT2D eigenvalue weighted by Crippen LogP contribution is 2.46. The summed E-state index contributed by atoms with van der Waals surface area (Å²) in [5, 5.41) is 0. The molecule has 1 saturated heterocycles. The molecule has 196 valence electrons. The van der Waals surface area contributed by atoms with Gasteiger partial charge in [0.25, 0.3) is 0 Å². The molecule has 1 spiro atoms. The molecule has 1 aliphatic carbocycles. The summed E-state index contributed by atoms with van der Waals surface area (Å²) in [6.45, 7) is 2.97. The van der Waals surface area contributed by atoms with Gasteiger partial charge in [-0.05, 0) is 85.3 Å². The van der Waals surface area contributed by atoms with E-state index in [0.717, 1.165) is 55.7 Å². The van der Waals surface area contributed by atoms with Crippen molar-refractivity contribution in [3.8, 4) is 0 Å². The zero-order chi connectivity index (χ0) is 26.0. The third-order valence-electron chi connectivity index (χ3n) is 8.93. The Morgan fingerprint density at radius 3 is 2.34 bits per heavy atom. The number of carbonyl (C=O) groups is 2. The Kier molecular flexibility index (Phi) is 7.03. The average molecular weight is 509 g/mol. The third-order valence-corrected chi connectivity index (χ3v) is 8.93. The first-order valence-electron chi connectivity index (χ1n) is 14.0. The summed E-state index contributed by atoms with van der Waals surface area (Å²) in [4.78, 5) is 31.1. The largest absolute Gasteiger partial charge is 0.459 e. The molecule has 6 rings (SSSR count). The maximum Gasteiger partial charge on any atom is 0.329 e. The summed E-state index contributed by atoms with van der Waals surface area (Å²) in [5.74, 6) is -0.318. The van der Waals surface area contributed by atoms with Gasteiger partial charge in [-0.25, -0.2) is 4.79 Å². The van der Waals surface area contributed by atoms with Gasteiger partial charge in [-0.1, -0.05) is 72.8 Å². The highest BCUT2D eigenvalue weighted by atomic mass is 16.5. The molecule has 2 aliphatic heterocycles. The Balaban J connectivity index is 1.10. The minimum Gasteiger partial charge on any atom is -0.459 e. The van der Waals surface area contributed by atoms with Crippen LogP contribution < -0.4 is 4.90 Å². The number of hydrogen-bond acceptors (Lipinski definition) is 4. The Labute approximate surface area is 225 Å². The predicted octanol–water partition coefficient (Wildman–Crippen LogP) is 5.45. The molecule has 3 aromatic rings. The third kappa shape index (κ3) is 4.88. The number of piperidine rings is 1. The minimum atomic E-state index is -0.583. The first-order chi connectivity index (χ1) is 18.6. The molecule has 5 heteroatoms. The zero-order valence-electron chi connectivity index (χ0n) is 22.0. The van der Waals surface area contributed by atoms with E-state index in [4.69, 9.17) is 4.74 Å². The van der Waals surface area contributed by atoms with E-state index in [1.165, 1.54) is 18.4 Å². The Morgan fingerprint density at radius 2 is 1.53 bits per heavy atom. The van der Waals surface area contributed by atoms with E-state index in [1.54, 1.807) is 10.5 Å². The summed E-state index contributed by atoms with van der Waals surface area (Å²) in [5.41, 5.74) is 6.31. The lowest BCUT2D eigenvalue weighted by Crippen LogP contribution is -2.50. The number of carbonyl (C=O) groups excluding carboxylic acids is 2. The molecule has 0 aromatic heterocycles. The maximum atomic E-state index is 13.7. The quantitative estimate of drug-likeness (QED) is 0.416. The van der Waals surface area contributed by atoms with Crippen molar-refractivity contribution in [1.82, 2.24) is 4.90 Å². The first kappa shape index (κ1) is 24.9. The van der Waals surface area contributed by atoms with Gasteiger partial charge in [0.05, 0.1) is 0 Å². The number of amides is 1. The van der Waals surface area contributed by atoms with Crippen LogP contribution in [0.3, 0.4) is 0 Å². The van der Waals surface area contributed by atoms with Gasteiger partial charge in [-0.2, -0.15) is 0 Å². The van der Waals surface area contributed by atoms with Crippen molar-refractivity contribution in [3.05, 3.63) is 101 Å². The van der Waals surface area contributed by atoms with Crippen molar-refractivity contribution in [3.63, 3.8) is 0 Å². The second-order valence-corrected chi connectivity index (χ2v) is 11.1. The number of para-hydroxylation sites is 1. The summed E-state index contributed by atoms with van der Waals surface area (Å²) in [6, 6.07) is 26.0. The second-order valence-electron chi connectivity index (χ2n) is 11.1. The molecule has 1 unspecified atom stereocenters. The smallest absolute Gasteiger partial charge is 0.329 e. The van der Waals surface area contributed by atoms with Crippen LogP contribution in [0, 0.1) is 0 Å². The number of likely N-dealkylation sites (tertiary alicyclic amines) is 1. The van der Waals surface area contributed by atoms with E-state index >= 15 is 0 Å². The number of nitrogens with zero attached hydrogens (tertiary/aromatic N) is 2. The van der Waals surface area contributed by atoms with Crippen molar-refractivity contribution in [2.45, 2.75) is 63.0 Å². The molecule has 1 atom stereocenters. The summed E-state index contributed by atoms with van der Waals surface area (Å²) < 4.78 is 5.70. The Bertz CT molecular complexity index is 1300. The molecule has 38 heavy (non-hydrogen) atoms. The van der Waals surface area contributed by atoms with E-state index in [-0.39, 0.29) is 18.5 Å². The van der Waals surface area contributed by atoms with E-state index in [2.05, 4.69) is 35.2 Å². The Hall–Kier alpha value is -3.44. The molecule has 0 bridgehead atoms. The summed E-state index contributed by atoms with van der Waals surface area (Å²) in [7, 11) is 0. The van der Waals surface area contributed by atoms with Crippen LogP contribution in [0.15, 0.2) is 78.9 Å². The highest BCUT2D eigenvalue weighted by molar-refractivity contribution is 6.00. The molecular weight excluding hydrogens is 472 g/mol. The lowest BCUT2D eigenvalue weighted by Gasteiger charge is -2.41. The van der Waals surface area contributed by atoms with Crippen molar-refractivity contribution in [2.24, 2.45) is 0 Å². The molecule has 1 fully saturated rings. The van der Waals surface area contributed by atoms with Gasteiger partial charge < -0.3 is 9.64 Å². The number of fused-ring (bicyclic) bond motifs is 3. The number of anilines is 1. The van der Waals surface area contributed by atoms with Crippen LogP contribution in [0.2, 0.25) is 0 Å². The van der Waals surface area contributed by atoms with E-state index in [9.17, 15) is 9.59 Å². The van der Waals surface area contributed by atoms with Crippen LogP contribution >= 0.6 is 0 Å². The van der Waals surface area contributed by atoms with Crippen LogP contribution in [-0.4, -0.2) is 42.5 Å². The zero-order valence-corrected chi connectivity index (χ0v) is 22.0. The molecule has 5 nitrogen and oxygen atoms in total. The summed E-state index contributed by atoms with van der Waals surface area (Å²) >= 11 is 0. The average Bonchev–Trinajstić information content (AvgIpc) is 3.33. The van der Waals surface area contributed by atoms with Crippen molar-refractivity contribution in [1.29, 1.82) is 0 Å². The SMILES string of the molecule is O=C(OCc1ccccc1)C1CCc2ccccc2N1C(=O)CCN1CCC2(CCc3ccccc32)CC1. The molecule has 0 radical (unpaired) electrons. The van der Waals surface area contributed by atoms with Gasteiger partial charge in [0.15, 0.2) is 0 Å². The van der Waals surface area contributed by atoms with Crippen LogP contribution in [-0.2, 0) is 39.2 Å². The maximum absolute atomic E-state index is 13.7. The predicted molar refractivity (Wildman–Crippen MR) is 149 cm³/mol. The minimum absolute atomic E-state index is 0.00492. The van der Waals surface area contributed by atoms with Gasteiger partial charge >= 0.3 is 5.97 Å². The fourth-order valence-corrected chi connectivity index (χ4v) is 6.77. The molecule has 0 N–H and O–H groups in total. The highest BCUT2D eigenvalue weighted by Gasteiger charge is 2.41. The van der Waals surface area contributed by atoms with Gasteiger partial charge in [-0.3, -0.25) is 9.69 Å². The summed E-state index contributed by atoms with van der Waals surface area (Å²) in [6.07, 6.45) is 6.49. The van der Waals surface area contributed by atoms with E-state index < -0.39 is 6.04 Å². The van der Waals surface area contributed by atoms with Crippen molar-refractivity contribution in [2.75, 3.05) is 24.5 Å². The van der Waals surface area contributed by atoms with Crippen LogP contribution in [0.25, 0.3) is 0 Å². The standard InChI is InChI=1S/C33H36N2O3/c36-31(17-21-34-22-19-33(20-23-34)18-16-26-10-4-6-12-28(26)33)35-29-13-7-5-11-27(29)14-15-30(35)32(37)38-24-25-8-2-1-3-9-25/h1-13,30H,14-24H2. The fourth-order valence-electron chi connectivity index (χ4n) is 6.77. The molecule has 1 amide bonds. The molecule has 3 aromatic carbocycles. The van der Waals surface area contributed by atoms with Gasteiger partial charge in [0, 0.05) is 18.7 Å². The van der Waals surface area contributed by atoms with Crippen molar-refractivity contribution >= 4 is 17.6 Å². The molecule has 2 heterocycles. The molecule has 0 saturated carbocycles. The monoisotopic (exact) mass is 508 g/mol. The second kappa shape index (κ2) is 10.7. The van der Waals surface area contributed by atoms with Gasteiger partial charge in [0.2, 0.25) is 5.91 Å². The van der Waals surface area contributed by atoms with Crippen LogP contribution in [0.5, 0.6) is 0 Å². The van der Waals surface area contributed by atoms with Gasteiger partial charge in [-0.15, -0.1) is 0 Å². The number of esters is 1. The van der Waals surface area contributed by atoms with Gasteiger partial charge in [0.1, 0.15) is 12.6 Å². The number of ether oxygens (including phenoxy) is 1. The van der Waals surface area contributed by atoms with E-state index in [0.29, 0.717) is 18.3 Å². The first-order valence-corrected chi connectivity index (χ1v) is 14.0. The van der Waals surface area contributed by atoms with Crippen LogP contribution in [0.4, 0.5) is 5.69 Å². The van der Waals surface area contributed by atoms with E-state index in [1.807, 2.05) is 48.5 Å². The van der Waals surface area contributed by atoms with Crippen molar-refractivity contribution < 1.29 is 14.3 Å². The normalized spacial score (nSPS) is 20.1. The number of benzene rings is 3. The number of hydrogen-bond donors (Lipinski definition) is 0. The topological polar surface area (TPSA) is 49.9 Å².